The van der Waals surface area contributed by atoms with Crippen LogP contribution in [-0.2, 0) is 10.0 Å². The van der Waals surface area contributed by atoms with Crippen molar-refractivity contribution < 1.29 is 22.7 Å². The lowest BCUT2D eigenvalue weighted by Crippen LogP contribution is -2.31. The summed E-state index contributed by atoms with van der Waals surface area (Å²) < 4.78 is 39.2. The fraction of sp³-hybridized carbons (Fsp3) is 0.208. The SMILES string of the molecule is COc1ccc(S(=O)(=O)N2CCCN(C(=O)c3ccc(N)cc3)c3ccccc32)cc1OC. The van der Waals surface area contributed by atoms with Crippen LogP contribution >= 0.6 is 0 Å². The highest BCUT2D eigenvalue weighted by Gasteiger charge is 2.32. The van der Waals surface area contributed by atoms with Crippen LogP contribution in [0.4, 0.5) is 17.1 Å². The first-order valence-corrected chi connectivity index (χ1v) is 11.8. The average Bonchev–Trinajstić information content (AvgIpc) is 3.04. The summed E-state index contributed by atoms with van der Waals surface area (Å²) in [4.78, 5) is 15.0. The number of amides is 1. The summed E-state index contributed by atoms with van der Waals surface area (Å²) >= 11 is 0. The van der Waals surface area contributed by atoms with Gasteiger partial charge in [0.05, 0.1) is 30.5 Å². The van der Waals surface area contributed by atoms with Gasteiger partial charge in [0.15, 0.2) is 11.5 Å². The third-order valence-corrected chi connectivity index (χ3v) is 7.34. The number of para-hydroxylation sites is 2. The molecule has 8 nitrogen and oxygen atoms in total. The predicted molar refractivity (Wildman–Crippen MR) is 128 cm³/mol. The molecule has 4 rings (SSSR count). The molecule has 0 unspecified atom stereocenters. The van der Waals surface area contributed by atoms with Gasteiger partial charge in [-0.25, -0.2) is 8.42 Å². The second-order valence-electron chi connectivity index (χ2n) is 7.52. The van der Waals surface area contributed by atoms with Gasteiger partial charge in [-0.1, -0.05) is 12.1 Å². The van der Waals surface area contributed by atoms with Gasteiger partial charge in [-0.3, -0.25) is 9.10 Å². The number of nitrogens with two attached hydrogens (primary N) is 1. The summed E-state index contributed by atoms with van der Waals surface area (Å²) in [6.45, 7) is 0.595. The molecular formula is C24H25N3O5S. The molecule has 2 N–H and O–H groups in total. The Morgan fingerprint density at radius 3 is 2.21 bits per heavy atom. The van der Waals surface area contributed by atoms with Gasteiger partial charge in [-0.15, -0.1) is 0 Å². The summed E-state index contributed by atoms with van der Waals surface area (Å²) in [6.07, 6.45) is 0.460. The van der Waals surface area contributed by atoms with Crippen molar-refractivity contribution in [2.24, 2.45) is 0 Å². The highest BCUT2D eigenvalue weighted by Crippen LogP contribution is 2.38. The van der Waals surface area contributed by atoms with Crippen LogP contribution < -0.4 is 24.4 Å². The predicted octanol–water partition coefficient (Wildman–Crippen LogP) is 3.53. The van der Waals surface area contributed by atoms with Crippen LogP contribution in [0.1, 0.15) is 16.8 Å². The molecule has 0 bridgehead atoms. The third-order valence-electron chi connectivity index (χ3n) is 5.53. The summed E-state index contributed by atoms with van der Waals surface area (Å²) in [5, 5.41) is 0. The quantitative estimate of drug-likeness (QED) is 0.576. The summed E-state index contributed by atoms with van der Waals surface area (Å²) in [7, 11) is -0.988. The number of rotatable bonds is 5. The minimum Gasteiger partial charge on any atom is -0.493 e. The molecule has 1 amide bonds. The highest BCUT2D eigenvalue weighted by molar-refractivity contribution is 7.92. The number of hydrogen-bond acceptors (Lipinski definition) is 6. The van der Waals surface area contributed by atoms with Gasteiger partial charge in [0.2, 0.25) is 0 Å². The smallest absolute Gasteiger partial charge is 0.264 e. The number of nitrogen functional groups attached to an aromatic ring is 1. The van der Waals surface area contributed by atoms with Crippen molar-refractivity contribution in [1.29, 1.82) is 0 Å². The molecule has 1 aliphatic rings. The van der Waals surface area contributed by atoms with E-state index in [0.717, 1.165) is 0 Å². The third kappa shape index (κ3) is 4.19. The molecule has 3 aromatic carbocycles. The van der Waals surface area contributed by atoms with Gasteiger partial charge in [0.1, 0.15) is 0 Å². The molecule has 0 fully saturated rings. The minimum absolute atomic E-state index is 0.0771. The molecule has 172 valence electrons. The van der Waals surface area contributed by atoms with Gasteiger partial charge in [0.25, 0.3) is 15.9 Å². The van der Waals surface area contributed by atoms with Crippen LogP contribution in [0.25, 0.3) is 0 Å². The van der Waals surface area contributed by atoms with Crippen LogP contribution in [0.3, 0.4) is 0 Å². The molecule has 0 atom stereocenters. The zero-order valence-electron chi connectivity index (χ0n) is 18.4. The Bertz CT molecular complexity index is 1280. The number of carbonyl (C=O) groups is 1. The lowest BCUT2D eigenvalue weighted by Gasteiger charge is -2.26. The summed E-state index contributed by atoms with van der Waals surface area (Å²) in [5.74, 6) is 0.544. The molecule has 1 aliphatic heterocycles. The Labute approximate surface area is 193 Å². The molecule has 0 spiro atoms. The minimum atomic E-state index is -3.93. The molecule has 3 aromatic rings. The lowest BCUT2D eigenvalue weighted by atomic mass is 10.1. The van der Waals surface area contributed by atoms with Crippen LogP contribution in [0.15, 0.2) is 71.6 Å². The first-order chi connectivity index (χ1) is 15.9. The van der Waals surface area contributed by atoms with E-state index in [1.54, 1.807) is 59.5 Å². The van der Waals surface area contributed by atoms with Crippen LogP contribution in [-0.4, -0.2) is 41.6 Å². The molecule has 0 aliphatic carbocycles. The zero-order valence-corrected chi connectivity index (χ0v) is 19.2. The largest absolute Gasteiger partial charge is 0.493 e. The molecule has 0 saturated carbocycles. The Balaban J connectivity index is 1.76. The number of fused-ring (bicyclic) bond motifs is 1. The topological polar surface area (TPSA) is 102 Å². The van der Waals surface area contributed by atoms with Crippen molar-refractivity contribution in [1.82, 2.24) is 0 Å². The number of nitrogens with zero attached hydrogens (tertiary/aromatic N) is 2. The van der Waals surface area contributed by atoms with Crippen LogP contribution in [0, 0.1) is 0 Å². The number of benzene rings is 3. The van der Waals surface area contributed by atoms with E-state index in [0.29, 0.717) is 47.1 Å². The van der Waals surface area contributed by atoms with E-state index in [-0.39, 0.29) is 17.3 Å². The number of sulfonamides is 1. The Morgan fingerprint density at radius 2 is 1.55 bits per heavy atom. The van der Waals surface area contributed by atoms with Crippen molar-refractivity contribution >= 4 is 33.0 Å². The fourth-order valence-corrected chi connectivity index (χ4v) is 5.40. The maximum atomic E-state index is 13.7. The van der Waals surface area contributed by atoms with Crippen molar-refractivity contribution in [3.8, 4) is 11.5 Å². The fourth-order valence-electron chi connectivity index (χ4n) is 3.86. The van der Waals surface area contributed by atoms with Crippen LogP contribution in [0.2, 0.25) is 0 Å². The molecule has 33 heavy (non-hydrogen) atoms. The van der Waals surface area contributed by atoms with E-state index < -0.39 is 10.0 Å². The van der Waals surface area contributed by atoms with Gasteiger partial charge >= 0.3 is 0 Å². The summed E-state index contributed by atoms with van der Waals surface area (Å²) in [5.41, 5.74) is 7.77. The van der Waals surface area contributed by atoms with E-state index in [9.17, 15) is 13.2 Å². The van der Waals surface area contributed by atoms with E-state index in [1.807, 2.05) is 0 Å². The number of ether oxygens (including phenoxy) is 2. The first kappa shape index (κ1) is 22.5. The number of methoxy groups -OCH3 is 2. The maximum Gasteiger partial charge on any atom is 0.264 e. The zero-order chi connectivity index (χ0) is 23.6. The normalized spacial score (nSPS) is 13.8. The number of anilines is 3. The Kier molecular flexibility index (Phi) is 6.15. The highest BCUT2D eigenvalue weighted by atomic mass is 32.2. The Hall–Kier alpha value is -3.72. The van der Waals surface area contributed by atoms with E-state index in [4.69, 9.17) is 15.2 Å². The van der Waals surface area contributed by atoms with Crippen molar-refractivity contribution in [2.45, 2.75) is 11.3 Å². The van der Waals surface area contributed by atoms with Crippen molar-refractivity contribution in [2.75, 3.05) is 42.2 Å². The molecule has 0 radical (unpaired) electrons. The Morgan fingerprint density at radius 1 is 0.879 bits per heavy atom. The van der Waals surface area contributed by atoms with E-state index >= 15 is 0 Å². The monoisotopic (exact) mass is 467 g/mol. The molecular weight excluding hydrogens is 442 g/mol. The summed E-state index contributed by atoms with van der Waals surface area (Å²) in [6, 6.07) is 18.2. The van der Waals surface area contributed by atoms with Gasteiger partial charge in [-0.2, -0.15) is 0 Å². The van der Waals surface area contributed by atoms with Gasteiger partial charge in [0, 0.05) is 30.4 Å². The average molecular weight is 468 g/mol. The molecule has 0 aromatic heterocycles. The second kappa shape index (κ2) is 9.03. The molecule has 9 heteroatoms. The first-order valence-electron chi connectivity index (χ1n) is 10.4. The lowest BCUT2D eigenvalue weighted by molar-refractivity contribution is 0.0987. The van der Waals surface area contributed by atoms with Crippen molar-refractivity contribution in [3.05, 3.63) is 72.3 Å². The standard InChI is InChI=1S/C24H25N3O5S/c1-31-22-13-12-19(16-23(22)32-2)33(29,30)27-15-5-14-26(20-6-3-4-7-21(20)27)24(28)17-8-10-18(25)11-9-17/h3-4,6-13,16H,5,14-15,25H2,1-2H3. The molecule has 0 saturated heterocycles. The van der Waals surface area contributed by atoms with Gasteiger partial charge in [-0.05, 0) is 55.0 Å². The van der Waals surface area contributed by atoms with E-state index in [1.165, 1.54) is 30.7 Å². The molecule has 1 heterocycles. The maximum absolute atomic E-state index is 13.7. The van der Waals surface area contributed by atoms with Gasteiger partial charge < -0.3 is 20.1 Å². The van der Waals surface area contributed by atoms with E-state index in [2.05, 4.69) is 0 Å². The second-order valence-corrected chi connectivity index (χ2v) is 9.38. The van der Waals surface area contributed by atoms with Crippen molar-refractivity contribution in [3.63, 3.8) is 0 Å². The van der Waals surface area contributed by atoms with Crippen LogP contribution in [0.5, 0.6) is 11.5 Å². The number of carbonyl (C=O) groups excluding carboxylic acids is 1. The number of hydrogen-bond donors (Lipinski definition) is 1.